The number of piperidine rings is 1. The first kappa shape index (κ1) is 11.4. The molecule has 1 N–H and O–H groups in total. The van der Waals surface area contributed by atoms with Gasteiger partial charge in [-0.05, 0) is 38.0 Å². The number of likely N-dealkylation sites (tertiary alicyclic amines) is 1. The molecule has 2 nitrogen and oxygen atoms in total. The molecule has 88 valence electrons. The Labute approximate surface area is 93.7 Å². The fourth-order valence-electron chi connectivity index (χ4n) is 3.49. The van der Waals surface area contributed by atoms with Crippen LogP contribution in [0.4, 0.5) is 0 Å². The van der Waals surface area contributed by atoms with Crippen LogP contribution in [0.25, 0.3) is 0 Å². The predicted molar refractivity (Wildman–Crippen MR) is 62.8 cm³/mol. The number of nitrogens with zero attached hydrogens (tertiary/aromatic N) is 1. The lowest BCUT2D eigenvalue weighted by molar-refractivity contribution is 0.0424. The highest BCUT2D eigenvalue weighted by Gasteiger charge is 2.34. The summed E-state index contributed by atoms with van der Waals surface area (Å²) < 4.78 is 0. The second-order valence-corrected chi connectivity index (χ2v) is 5.46. The van der Waals surface area contributed by atoms with Crippen LogP contribution in [0.1, 0.15) is 45.4 Å². The number of fused-ring (bicyclic) bond motifs is 1. The Balaban J connectivity index is 1.87. The zero-order valence-corrected chi connectivity index (χ0v) is 9.99. The maximum absolute atomic E-state index is 8.89. The normalized spacial score (nSPS) is 37.6. The minimum Gasteiger partial charge on any atom is -0.396 e. The molecule has 2 fully saturated rings. The van der Waals surface area contributed by atoms with Gasteiger partial charge in [-0.15, -0.1) is 0 Å². The van der Waals surface area contributed by atoms with Gasteiger partial charge in [-0.1, -0.05) is 19.3 Å². The maximum atomic E-state index is 8.89. The molecule has 0 spiro atoms. The van der Waals surface area contributed by atoms with Crippen LogP contribution in [0.2, 0.25) is 0 Å². The third kappa shape index (κ3) is 2.73. The van der Waals surface area contributed by atoms with Crippen molar-refractivity contribution >= 4 is 0 Å². The molecule has 3 unspecified atom stereocenters. The van der Waals surface area contributed by atoms with E-state index in [4.69, 9.17) is 5.11 Å². The Morgan fingerprint density at radius 3 is 2.67 bits per heavy atom. The smallest absolute Gasteiger partial charge is 0.0443 e. The summed E-state index contributed by atoms with van der Waals surface area (Å²) >= 11 is 0. The van der Waals surface area contributed by atoms with Crippen molar-refractivity contribution in [2.75, 3.05) is 19.7 Å². The molecular weight excluding hydrogens is 186 g/mol. The highest BCUT2D eigenvalue weighted by molar-refractivity contribution is 4.87. The molecule has 2 rings (SSSR count). The van der Waals surface area contributed by atoms with Gasteiger partial charge >= 0.3 is 0 Å². The molecule has 1 aliphatic heterocycles. The summed E-state index contributed by atoms with van der Waals surface area (Å²) in [6.07, 6.45) is 8.18. The topological polar surface area (TPSA) is 23.5 Å². The third-order valence-electron chi connectivity index (χ3n) is 4.41. The molecule has 2 aliphatic rings. The van der Waals surface area contributed by atoms with E-state index in [-0.39, 0.29) is 0 Å². The lowest BCUT2D eigenvalue weighted by atomic mass is 9.73. The van der Waals surface area contributed by atoms with Crippen molar-refractivity contribution in [1.82, 2.24) is 4.90 Å². The van der Waals surface area contributed by atoms with Crippen LogP contribution in [-0.2, 0) is 0 Å². The maximum Gasteiger partial charge on any atom is 0.0443 e. The summed E-state index contributed by atoms with van der Waals surface area (Å²) in [5, 5.41) is 8.89. The number of hydrogen-bond acceptors (Lipinski definition) is 2. The van der Waals surface area contributed by atoms with Gasteiger partial charge in [-0.2, -0.15) is 0 Å². The van der Waals surface area contributed by atoms with Crippen molar-refractivity contribution in [1.29, 1.82) is 0 Å². The van der Waals surface area contributed by atoms with E-state index >= 15 is 0 Å². The van der Waals surface area contributed by atoms with Gasteiger partial charge in [0.05, 0.1) is 0 Å². The quantitative estimate of drug-likeness (QED) is 0.774. The Hall–Kier alpha value is -0.0800. The van der Waals surface area contributed by atoms with Crippen molar-refractivity contribution in [2.45, 2.75) is 51.5 Å². The van der Waals surface area contributed by atoms with Crippen LogP contribution in [0.5, 0.6) is 0 Å². The van der Waals surface area contributed by atoms with E-state index in [2.05, 4.69) is 11.8 Å². The van der Waals surface area contributed by atoms with E-state index in [1.54, 1.807) is 0 Å². The standard InChI is InChI=1S/C13H25NO/c1-11-9-12-5-2-3-6-13(12)10-14(11)7-4-8-15/h11-13,15H,2-10H2,1H3. The molecule has 0 bridgehead atoms. The minimum absolute atomic E-state index is 0.345. The van der Waals surface area contributed by atoms with E-state index < -0.39 is 0 Å². The SMILES string of the molecule is CC1CC2CCCCC2CN1CCCO. The molecule has 1 saturated carbocycles. The van der Waals surface area contributed by atoms with E-state index in [0.29, 0.717) is 6.61 Å². The second kappa shape index (κ2) is 5.31. The second-order valence-electron chi connectivity index (χ2n) is 5.46. The van der Waals surface area contributed by atoms with Gasteiger partial charge in [0, 0.05) is 25.7 Å². The van der Waals surface area contributed by atoms with Gasteiger partial charge in [0.1, 0.15) is 0 Å². The van der Waals surface area contributed by atoms with Crippen LogP contribution in [0.3, 0.4) is 0 Å². The Morgan fingerprint density at radius 1 is 1.20 bits per heavy atom. The summed E-state index contributed by atoms with van der Waals surface area (Å²) in [5.74, 6) is 1.98. The largest absolute Gasteiger partial charge is 0.396 e. The molecule has 0 radical (unpaired) electrons. The highest BCUT2D eigenvalue weighted by Crippen LogP contribution is 2.38. The fraction of sp³-hybridized carbons (Fsp3) is 1.00. The van der Waals surface area contributed by atoms with Gasteiger partial charge in [-0.25, -0.2) is 0 Å². The molecule has 0 aromatic rings. The third-order valence-corrected chi connectivity index (χ3v) is 4.41. The summed E-state index contributed by atoms with van der Waals surface area (Å²) in [7, 11) is 0. The minimum atomic E-state index is 0.345. The molecule has 2 heteroatoms. The first-order valence-corrected chi connectivity index (χ1v) is 6.66. The first-order valence-electron chi connectivity index (χ1n) is 6.66. The van der Waals surface area contributed by atoms with Gasteiger partial charge in [0.25, 0.3) is 0 Å². The Morgan fingerprint density at radius 2 is 1.93 bits per heavy atom. The van der Waals surface area contributed by atoms with Crippen LogP contribution in [-0.4, -0.2) is 35.7 Å². The van der Waals surface area contributed by atoms with Crippen LogP contribution in [0.15, 0.2) is 0 Å². The molecule has 0 aromatic heterocycles. The predicted octanol–water partition coefficient (Wildman–Crippen LogP) is 2.27. The van der Waals surface area contributed by atoms with Crippen LogP contribution in [0, 0.1) is 11.8 Å². The molecule has 1 heterocycles. The Bertz CT molecular complexity index is 195. The number of aliphatic hydroxyl groups excluding tert-OH is 1. The van der Waals surface area contributed by atoms with E-state index in [0.717, 1.165) is 30.8 Å². The molecular formula is C13H25NO. The number of rotatable bonds is 3. The monoisotopic (exact) mass is 211 g/mol. The van der Waals surface area contributed by atoms with E-state index in [9.17, 15) is 0 Å². The molecule has 3 atom stereocenters. The summed E-state index contributed by atoms with van der Waals surface area (Å²) in [6.45, 7) is 5.10. The zero-order chi connectivity index (χ0) is 10.7. The van der Waals surface area contributed by atoms with Crippen LogP contribution >= 0.6 is 0 Å². The summed E-state index contributed by atoms with van der Waals surface area (Å²) in [6, 6.07) is 0.746. The zero-order valence-electron chi connectivity index (χ0n) is 9.99. The van der Waals surface area contributed by atoms with Crippen molar-refractivity contribution in [2.24, 2.45) is 11.8 Å². The number of hydrogen-bond donors (Lipinski definition) is 1. The summed E-state index contributed by atoms with van der Waals surface area (Å²) in [4.78, 5) is 2.60. The lowest BCUT2D eigenvalue weighted by Crippen LogP contribution is -2.47. The van der Waals surface area contributed by atoms with Gasteiger partial charge in [0.15, 0.2) is 0 Å². The highest BCUT2D eigenvalue weighted by atomic mass is 16.3. The van der Waals surface area contributed by atoms with Crippen molar-refractivity contribution in [3.63, 3.8) is 0 Å². The fourth-order valence-corrected chi connectivity index (χ4v) is 3.49. The average molecular weight is 211 g/mol. The van der Waals surface area contributed by atoms with Gasteiger partial charge < -0.3 is 10.0 Å². The van der Waals surface area contributed by atoms with E-state index in [1.807, 2.05) is 0 Å². The average Bonchev–Trinajstić information content (AvgIpc) is 2.26. The van der Waals surface area contributed by atoms with Crippen molar-refractivity contribution < 1.29 is 5.11 Å². The van der Waals surface area contributed by atoms with Gasteiger partial charge in [0.2, 0.25) is 0 Å². The summed E-state index contributed by atoms with van der Waals surface area (Å²) in [5.41, 5.74) is 0. The lowest BCUT2D eigenvalue weighted by Gasteiger charge is -2.45. The molecule has 0 aromatic carbocycles. The van der Waals surface area contributed by atoms with Crippen LogP contribution < -0.4 is 0 Å². The Kier molecular flexibility index (Phi) is 4.04. The van der Waals surface area contributed by atoms with Crippen molar-refractivity contribution in [3.05, 3.63) is 0 Å². The molecule has 15 heavy (non-hydrogen) atoms. The van der Waals surface area contributed by atoms with E-state index in [1.165, 1.54) is 38.6 Å². The molecule has 0 amide bonds. The first-order chi connectivity index (χ1) is 7.31. The molecule has 1 aliphatic carbocycles. The van der Waals surface area contributed by atoms with Gasteiger partial charge in [-0.3, -0.25) is 0 Å². The van der Waals surface area contributed by atoms with Crippen molar-refractivity contribution in [3.8, 4) is 0 Å². The number of aliphatic hydroxyl groups is 1. The molecule has 1 saturated heterocycles.